The summed E-state index contributed by atoms with van der Waals surface area (Å²) in [6.45, 7) is 9.91. The molecule has 0 fully saturated rings. The Hall–Kier alpha value is -2.30. The Morgan fingerprint density at radius 1 is 1.17 bits per heavy atom. The highest BCUT2D eigenvalue weighted by molar-refractivity contribution is 5.79. The van der Waals surface area contributed by atoms with Crippen LogP contribution in [0.3, 0.4) is 0 Å². The molecule has 0 amide bonds. The zero-order valence-corrected chi connectivity index (χ0v) is 15.0. The molecule has 24 heavy (non-hydrogen) atoms. The Morgan fingerprint density at radius 2 is 1.92 bits per heavy atom. The predicted molar refractivity (Wildman–Crippen MR) is 100 cm³/mol. The van der Waals surface area contributed by atoms with E-state index in [2.05, 4.69) is 70.2 Å². The summed E-state index contributed by atoms with van der Waals surface area (Å²) >= 11 is 0. The van der Waals surface area contributed by atoms with Crippen LogP contribution < -0.4 is 10.6 Å². The van der Waals surface area contributed by atoms with E-state index in [9.17, 15) is 0 Å². The van der Waals surface area contributed by atoms with E-state index in [1.54, 1.807) is 6.20 Å². The number of hydrogen-bond acceptors (Lipinski definition) is 2. The van der Waals surface area contributed by atoms with Crippen molar-refractivity contribution in [2.75, 3.05) is 13.1 Å². The van der Waals surface area contributed by atoms with Crippen molar-refractivity contribution in [1.29, 1.82) is 0 Å². The van der Waals surface area contributed by atoms with Gasteiger partial charge in [0.1, 0.15) is 0 Å². The van der Waals surface area contributed by atoms with Crippen LogP contribution >= 0.6 is 0 Å². The average Bonchev–Trinajstić information content (AvgIpc) is 3.06. The molecular formula is C19H29N5. The predicted octanol–water partition coefficient (Wildman–Crippen LogP) is 3.03. The Bertz CT molecular complexity index is 599. The second-order valence-corrected chi connectivity index (χ2v) is 6.36. The van der Waals surface area contributed by atoms with E-state index < -0.39 is 0 Å². The van der Waals surface area contributed by atoms with Gasteiger partial charge in [0.15, 0.2) is 5.96 Å². The molecule has 1 aromatic heterocycles. The molecule has 2 rings (SSSR count). The summed E-state index contributed by atoms with van der Waals surface area (Å²) in [5.74, 6) is 1.59. The summed E-state index contributed by atoms with van der Waals surface area (Å²) < 4.78 is 2.06. The maximum atomic E-state index is 4.67. The van der Waals surface area contributed by atoms with Crippen molar-refractivity contribution < 1.29 is 0 Å². The third-order valence-corrected chi connectivity index (χ3v) is 3.73. The van der Waals surface area contributed by atoms with E-state index in [0.29, 0.717) is 12.5 Å². The molecule has 0 spiro atoms. The van der Waals surface area contributed by atoms with Crippen LogP contribution in [0.25, 0.3) is 0 Å². The van der Waals surface area contributed by atoms with E-state index in [1.165, 1.54) is 11.1 Å². The van der Waals surface area contributed by atoms with E-state index in [-0.39, 0.29) is 0 Å². The number of hydrogen-bond donors (Lipinski definition) is 2. The first-order chi connectivity index (χ1) is 11.7. The topological polar surface area (TPSA) is 54.2 Å². The maximum absolute atomic E-state index is 4.67. The molecule has 0 unspecified atom stereocenters. The number of guanidine groups is 1. The molecule has 0 atom stereocenters. The van der Waals surface area contributed by atoms with Crippen LogP contribution in [0.1, 0.15) is 38.3 Å². The van der Waals surface area contributed by atoms with Gasteiger partial charge in [-0.1, -0.05) is 38.1 Å². The van der Waals surface area contributed by atoms with Crippen LogP contribution in [0.4, 0.5) is 0 Å². The first kappa shape index (κ1) is 18.0. The molecule has 0 saturated heterocycles. The van der Waals surface area contributed by atoms with Gasteiger partial charge in [0.25, 0.3) is 0 Å². The molecule has 2 N–H and O–H groups in total. The molecule has 0 bridgehead atoms. The lowest BCUT2D eigenvalue weighted by molar-refractivity contribution is 0.573. The molecule has 0 saturated carbocycles. The Labute approximate surface area is 145 Å². The maximum Gasteiger partial charge on any atom is 0.191 e. The minimum Gasteiger partial charge on any atom is -0.357 e. The molecule has 1 heterocycles. The minimum atomic E-state index is 0.683. The van der Waals surface area contributed by atoms with Gasteiger partial charge in [-0.3, -0.25) is 0 Å². The lowest BCUT2D eigenvalue weighted by Crippen LogP contribution is -2.38. The molecule has 2 aromatic rings. The summed E-state index contributed by atoms with van der Waals surface area (Å²) in [7, 11) is 0. The second-order valence-electron chi connectivity index (χ2n) is 6.36. The minimum absolute atomic E-state index is 0.683. The van der Waals surface area contributed by atoms with Gasteiger partial charge in [0, 0.05) is 32.0 Å². The van der Waals surface area contributed by atoms with Gasteiger partial charge in [0.05, 0.1) is 12.9 Å². The largest absolute Gasteiger partial charge is 0.357 e. The summed E-state index contributed by atoms with van der Waals surface area (Å²) in [6, 6.07) is 8.61. The van der Waals surface area contributed by atoms with Crippen molar-refractivity contribution in [2.45, 2.75) is 40.3 Å². The van der Waals surface area contributed by atoms with Crippen molar-refractivity contribution in [3.8, 4) is 0 Å². The van der Waals surface area contributed by atoms with Crippen molar-refractivity contribution in [3.05, 3.63) is 54.1 Å². The lowest BCUT2D eigenvalue weighted by atomic mass is 10.1. The number of rotatable bonds is 8. The molecule has 0 aliphatic heterocycles. The van der Waals surface area contributed by atoms with E-state index in [1.807, 2.05) is 12.5 Å². The van der Waals surface area contributed by atoms with Gasteiger partial charge in [-0.2, -0.15) is 0 Å². The normalized spacial score (nSPS) is 11.8. The van der Waals surface area contributed by atoms with Crippen molar-refractivity contribution in [3.63, 3.8) is 0 Å². The Morgan fingerprint density at radius 3 is 2.54 bits per heavy atom. The molecule has 130 valence electrons. The first-order valence-electron chi connectivity index (χ1n) is 8.73. The highest BCUT2D eigenvalue weighted by Crippen LogP contribution is 2.07. The van der Waals surface area contributed by atoms with Gasteiger partial charge in [-0.15, -0.1) is 0 Å². The molecule has 5 nitrogen and oxygen atoms in total. The fourth-order valence-electron chi connectivity index (χ4n) is 2.33. The number of imidazole rings is 1. The molecule has 1 aromatic carbocycles. The van der Waals surface area contributed by atoms with Gasteiger partial charge >= 0.3 is 0 Å². The van der Waals surface area contributed by atoms with Crippen LogP contribution in [0, 0.1) is 5.92 Å². The van der Waals surface area contributed by atoms with Gasteiger partial charge < -0.3 is 15.2 Å². The number of benzene rings is 1. The number of aromatic nitrogens is 2. The lowest BCUT2D eigenvalue weighted by Gasteiger charge is -2.12. The van der Waals surface area contributed by atoms with E-state index in [0.717, 1.165) is 32.0 Å². The Balaban J connectivity index is 1.87. The van der Waals surface area contributed by atoms with E-state index >= 15 is 0 Å². The van der Waals surface area contributed by atoms with Gasteiger partial charge in [-0.05, 0) is 30.4 Å². The molecule has 5 heteroatoms. The van der Waals surface area contributed by atoms with Crippen LogP contribution in [0.5, 0.6) is 0 Å². The van der Waals surface area contributed by atoms with Crippen LogP contribution in [0.15, 0.2) is 48.0 Å². The fourth-order valence-corrected chi connectivity index (χ4v) is 2.33. The molecule has 0 aliphatic carbocycles. The van der Waals surface area contributed by atoms with Crippen molar-refractivity contribution in [1.82, 2.24) is 20.2 Å². The highest BCUT2D eigenvalue weighted by Gasteiger charge is 2.00. The van der Waals surface area contributed by atoms with Crippen LogP contribution in [-0.4, -0.2) is 28.6 Å². The van der Waals surface area contributed by atoms with Crippen LogP contribution in [-0.2, 0) is 13.1 Å². The number of aliphatic imine (C=N–C) groups is 1. The SMILES string of the molecule is CCNC(=NCc1ccc(Cn2ccnc2)cc1)NCCC(C)C. The van der Waals surface area contributed by atoms with Gasteiger partial charge in [-0.25, -0.2) is 9.98 Å². The summed E-state index contributed by atoms with van der Waals surface area (Å²) in [4.78, 5) is 8.73. The highest BCUT2D eigenvalue weighted by atomic mass is 15.2. The number of nitrogens with zero attached hydrogens (tertiary/aromatic N) is 3. The zero-order chi connectivity index (χ0) is 17.2. The quantitative estimate of drug-likeness (QED) is 0.579. The number of nitrogens with one attached hydrogen (secondary N) is 2. The average molecular weight is 327 g/mol. The Kier molecular flexibility index (Phi) is 7.33. The summed E-state index contributed by atoms with van der Waals surface area (Å²) in [5, 5.41) is 6.69. The smallest absolute Gasteiger partial charge is 0.191 e. The third-order valence-electron chi connectivity index (χ3n) is 3.73. The van der Waals surface area contributed by atoms with Crippen LogP contribution in [0.2, 0.25) is 0 Å². The standard InChI is InChI=1S/C19H29N5/c1-4-21-19(22-10-9-16(2)3)23-13-17-5-7-18(8-6-17)14-24-12-11-20-15-24/h5-8,11-12,15-16H,4,9-10,13-14H2,1-3H3,(H2,21,22,23). The summed E-state index contributed by atoms with van der Waals surface area (Å²) in [6.07, 6.45) is 6.76. The molecular weight excluding hydrogens is 298 g/mol. The van der Waals surface area contributed by atoms with E-state index in [4.69, 9.17) is 0 Å². The monoisotopic (exact) mass is 327 g/mol. The van der Waals surface area contributed by atoms with Crippen molar-refractivity contribution >= 4 is 5.96 Å². The zero-order valence-electron chi connectivity index (χ0n) is 15.0. The summed E-state index contributed by atoms with van der Waals surface area (Å²) in [5.41, 5.74) is 2.48. The van der Waals surface area contributed by atoms with Crippen molar-refractivity contribution in [2.24, 2.45) is 10.9 Å². The first-order valence-corrected chi connectivity index (χ1v) is 8.73. The molecule has 0 radical (unpaired) electrons. The van der Waals surface area contributed by atoms with Gasteiger partial charge in [0.2, 0.25) is 0 Å². The molecule has 0 aliphatic rings. The second kappa shape index (κ2) is 9.75. The third kappa shape index (κ3) is 6.44. The fraction of sp³-hybridized carbons (Fsp3) is 0.474.